The van der Waals surface area contributed by atoms with Crippen LogP contribution in [0.3, 0.4) is 0 Å². The molecule has 0 aliphatic heterocycles. The summed E-state index contributed by atoms with van der Waals surface area (Å²) in [7, 11) is -3.97. The molecular formula is C50H35NSi. The number of rotatable bonds is 5. The minimum absolute atomic E-state index is 0.0150. The predicted octanol–water partition coefficient (Wildman–Crippen LogP) is 9.15. The second kappa shape index (κ2) is 11.4. The van der Waals surface area contributed by atoms with Gasteiger partial charge in [-0.2, -0.15) is 0 Å². The van der Waals surface area contributed by atoms with Crippen LogP contribution in [0.4, 0.5) is 0 Å². The van der Waals surface area contributed by atoms with Crippen molar-refractivity contribution in [2.75, 3.05) is 0 Å². The highest BCUT2D eigenvalue weighted by atomic mass is 28.3. The first kappa shape index (κ1) is 19.4. The molecule has 12 rings (SSSR count). The van der Waals surface area contributed by atoms with Crippen molar-refractivity contribution in [1.29, 1.82) is 0 Å². The van der Waals surface area contributed by atoms with Gasteiger partial charge in [0.05, 0.1) is 34.5 Å². The number of para-hydroxylation sites is 2. The Morgan fingerprint density at radius 1 is 0.404 bits per heavy atom. The van der Waals surface area contributed by atoms with Gasteiger partial charge in [0.1, 0.15) is 0 Å². The third-order valence-corrected chi connectivity index (χ3v) is 15.7. The first-order valence-electron chi connectivity index (χ1n) is 23.8. The molecule has 2 unspecified atom stereocenters. The fourth-order valence-electron chi connectivity index (χ4n) is 9.19. The number of fused-ring (bicyclic) bond motifs is 3. The lowest BCUT2D eigenvalue weighted by Crippen LogP contribution is -2.75. The SMILES string of the molecule is [2H]c1c([2H])c([2H])c([Si](c2ccccc2)(c2ccccc2)c2cccc3c2C2c4ccccc4C3c3cccc(-n4c5c([2H])c([2H])c([2H])c([2H])c5c5c([2H])c([2H])c([2H])c([2H])c54)c32)c([2H])c1[2H]. The summed E-state index contributed by atoms with van der Waals surface area (Å²) in [5.41, 5.74) is 6.03. The molecule has 3 aliphatic carbocycles. The van der Waals surface area contributed by atoms with E-state index in [-0.39, 0.29) is 39.1 Å². The maximum atomic E-state index is 9.67. The average Bonchev–Trinajstić information content (AvgIpc) is 3.70. The van der Waals surface area contributed by atoms with Crippen molar-refractivity contribution >= 4 is 50.6 Å². The number of hydrogen-bond acceptors (Lipinski definition) is 0. The van der Waals surface area contributed by atoms with E-state index in [0.29, 0.717) is 5.69 Å². The highest BCUT2D eigenvalue weighted by Crippen LogP contribution is 2.57. The van der Waals surface area contributed by atoms with Crippen LogP contribution in [-0.4, -0.2) is 12.6 Å². The van der Waals surface area contributed by atoms with E-state index >= 15 is 0 Å². The zero-order valence-corrected chi connectivity index (χ0v) is 28.6. The van der Waals surface area contributed by atoms with Gasteiger partial charge in [-0.05, 0) is 72.3 Å². The van der Waals surface area contributed by atoms with Crippen LogP contribution in [0.15, 0.2) is 200 Å². The Morgan fingerprint density at radius 3 is 1.54 bits per heavy atom. The largest absolute Gasteiger partial charge is 0.309 e. The van der Waals surface area contributed by atoms with Crippen molar-refractivity contribution in [3.05, 3.63) is 233 Å². The van der Waals surface area contributed by atoms with E-state index < -0.39 is 86.4 Å². The fourth-order valence-corrected chi connectivity index (χ4v) is 13.9. The van der Waals surface area contributed by atoms with Crippen LogP contribution in [0.2, 0.25) is 0 Å². The molecule has 3 aliphatic rings. The highest BCUT2D eigenvalue weighted by molar-refractivity contribution is 7.20. The maximum absolute atomic E-state index is 9.67. The second-order valence-corrected chi connectivity index (χ2v) is 17.0. The van der Waals surface area contributed by atoms with E-state index in [4.69, 9.17) is 12.3 Å². The number of benzene rings is 8. The van der Waals surface area contributed by atoms with Gasteiger partial charge in [-0.3, -0.25) is 0 Å². The predicted molar refractivity (Wildman–Crippen MR) is 219 cm³/mol. The average molecular weight is 691 g/mol. The molecule has 52 heavy (non-hydrogen) atoms. The van der Waals surface area contributed by atoms with Crippen molar-refractivity contribution in [2.24, 2.45) is 0 Å². The van der Waals surface area contributed by atoms with Crippen molar-refractivity contribution in [2.45, 2.75) is 11.8 Å². The zero-order valence-electron chi connectivity index (χ0n) is 40.6. The highest BCUT2D eigenvalue weighted by Gasteiger charge is 2.49. The molecule has 0 spiro atoms. The molecule has 0 N–H and O–H groups in total. The summed E-state index contributed by atoms with van der Waals surface area (Å²) in [6.45, 7) is 0. The van der Waals surface area contributed by atoms with E-state index in [0.717, 1.165) is 48.9 Å². The van der Waals surface area contributed by atoms with Gasteiger partial charge in [-0.15, -0.1) is 0 Å². The summed E-state index contributed by atoms with van der Waals surface area (Å²) in [5, 5.41) is 2.60. The molecule has 0 fully saturated rings. The number of hydrogen-bond donors (Lipinski definition) is 0. The van der Waals surface area contributed by atoms with Crippen LogP contribution >= 0.6 is 0 Å². The second-order valence-electron chi connectivity index (χ2n) is 13.3. The Bertz CT molecular complexity index is 3410. The van der Waals surface area contributed by atoms with Gasteiger partial charge in [0.25, 0.3) is 0 Å². The van der Waals surface area contributed by atoms with Crippen LogP contribution in [-0.2, 0) is 0 Å². The molecule has 2 atom stereocenters. The van der Waals surface area contributed by atoms with Gasteiger partial charge in [0.15, 0.2) is 8.07 Å². The van der Waals surface area contributed by atoms with Crippen molar-refractivity contribution in [3.63, 3.8) is 0 Å². The summed E-state index contributed by atoms with van der Waals surface area (Å²) >= 11 is 0. The van der Waals surface area contributed by atoms with Crippen molar-refractivity contribution in [1.82, 2.24) is 4.57 Å². The molecule has 0 radical (unpaired) electrons. The van der Waals surface area contributed by atoms with E-state index in [1.807, 2.05) is 103 Å². The van der Waals surface area contributed by atoms with Crippen LogP contribution in [0.5, 0.6) is 0 Å². The lowest BCUT2D eigenvalue weighted by atomic mass is 9.60. The maximum Gasteiger partial charge on any atom is 0.179 e. The molecule has 2 heteroatoms. The third-order valence-electron chi connectivity index (χ3n) is 11.0. The fraction of sp³-hybridized carbons (Fsp3) is 0.0400. The van der Waals surface area contributed by atoms with Gasteiger partial charge in [-0.1, -0.05) is 182 Å². The number of nitrogens with zero attached hydrogens (tertiary/aromatic N) is 1. The third kappa shape index (κ3) is 3.93. The summed E-state index contributed by atoms with van der Waals surface area (Å²) in [4.78, 5) is 0. The van der Waals surface area contributed by atoms with E-state index in [1.54, 1.807) is 4.57 Å². The lowest BCUT2D eigenvalue weighted by molar-refractivity contribution is 0.752. The Morgan fingerprint density at radius 2 is 0.904 bits per heavy atom. The molecule has 1 aromatic heterocycles. The summed E-state index contributed by atoms with van der Waals surface area (Å²) in [5.74, 6) is -1.01. The molecule has 2 bridgehead atoms. The van der Waals surface area contributed by atoms with E-state index in [9.17, 15) is 5.48 Å². The summed E-state index contributed by atoms with van der Waals surface area (Å²) < 4.78 is 120. The van der Waals surface area contributed by atoms with E-state index in [1.165, 1.54) is 0 Å². The van der Waals surface area contributed by atoms with Crippen LogP contribution in [0.25, 0.3) is 27.5 Å². The molecule has 8 aromatic carbocycles. The molecule has 1 heterocycles. The number of aromatic nitrogens is 1. The minimum atomic E-state index is -3.97. The zero-order chi connectivity index (χ0) is 45.5. The van der Waals surface area contributed by atoms with E-state index in [2.05, 4.69) is 18.2 Å². The molecular weight excluding hydrogens is 643 g/mol. The normalized spacial score (nSPS) is 19.2. The van der Waals surface area contributed by atoms with Crippen LogP contribution in [0, 0.1) is 0 Å². The van der Waals surface area contributed by atoms with Gasteiger partial charge >= 0.3 is 0 Å². The molecule has 0 saturated heterocycles. The Hall–Kier alpha value is -6.22. The molecule has 0 saturated carbocycles. The Balaban J connectivity index is 1.34. The topological polar surface area (TPSA) is 4.93 Å². The van der Waals surface area contributed by atoms with Gasteiger partial charge < -0.3 is 4.57 Å². The van der Waals surface area contributed by atoms with Gasteiger partial charge in [-0.25, -0.2) is 0 Å². The lowest BCUT2D eigenvalue weighted by Gasteiger charge is -2.46. The Labute approximate surface area is 323 Å². The quantitative estimate of drug-likeness (QED) is 0.125. The molecule has 9 aromatic rings. The van der Waals surface area contributed by atoms with Crippen molar-refractivity contribution in [3.8, 4) is 5.69 Å². The smallest absolute Gasteiger partial charge is 0.179 e. The van der Waals surface area contributed by atoms with Crippen LogP contribution < -0.4 is 20.7 Å². The standard InChI is InChI=1S/C50H35NSi/c1-4-18-34(19-5-1)52(35-20-6-2-7-21-35,36-22-8-3-9-23-36)46-33-17-29-42-47-39-26-10-11-27-40(39)50(49(42)46)48-41(47)28-16-32-45(48)51-43-30-14-12-24-37(43)38-25-13-15-31-44(38)51/h1-33,47,50H/i1D,4D,5D,12D,13D,14D,15D,18D,19D,24D,25D,30D,31D. The first-order chi connectivity index (χ1) is 31.2. The van der Waals surface area contributed by atoms with Gasteiger partial charge in [0.2, 0.25) is 0 Å². The minimum Gasteiger partial charge on any atom is -0.309 e. The van der Waals surface area contributed by atoms with Crippen LogP contribution in [0.1, 0.15) is 63.0 Å². The van der Waals surface area contributed by atoms with Crippen molar-refractivity contribution < 1.29 is 17.8 Å². The summed E-state index contributed by atoms with van der Waals surface area (Å²) in [6, 6.07) is 33.7. The molecule has 1 nitrogen and oxygen atoms in total. The monoisotopic (exact) mass is 690 g/mol. The summed E-state index contributed by atoms with van der Waals surface area (Å²) in [6.07, 6.45) is 0. The first-order valence-corrected chi connectivity index (χ1v) is 19.3. The van der Waals surface area contributed by atoms with Gasteiger partial charge in [0, 0.05) is 22.6 Å². The Kier molecular flexibility index (Phi) is 4.25. The molecule has 244 valence electrons. The molecule has 0 amide bonds.